The van der Waals surface area contributed by atoms with Crippen molar-refractivity contribution in [1.82, 2.24) is 0 Å². The largest absolute Gasteiger partial charge is 0.442 e. The normalized spacial score (nSPS) is 14.2. The average Bonchev–Trinajstić information content (AvgIpc) is 2.27. The highest BCUT2D eigenvalue weighted by molar-refractivity contribution is 8.04. The number of hydrogen-bond donors (Lipinski definition) is 0. The summed E-state index contributed by atoms with van der Waals surface area (Å²) in [5.74, 6) is 0. The summed E-state index contributed by atoms with van der Waals surface area (Å²) < 4.78 is 29.4. The lowest BCUT2D eigenvalue weighted by Crippen LogP contribution is -2.43. The van der Waals surface area contributed by atoms with Crippen LogP contribution in [0.2, 0.25) is 18.1 Å². The van der Waals surface area contributed by atoms with E-state index in [9.17, 15) is 13.6 Å². The van der Waals surface area contributed by atoms with Gasteiger partial charge in [-0.05, 0) is 17.2 Å². The van der Waals surface area contributed by atoms with Crippen molar-refractivity contribution in [2.75, 3.05) is 0 Å². The molecule has 0 bridgehead atoms. The molecule has 1 aromatic carbocycles. The second kappa shape index (κ2) is 5.57. The van der Waals surface area contributed by atoms with Gasteiger partial charge in [0, 0.05) is 4.90 Å². The number of nitrogens with zero attached hydrogens (tertiary/aromatic N) is 1. The predicted octanol–water partition coefficient (Wildman–Crippen LogP) is 2.94. The maximum atomic E-state index is 12.0. The summed E-state index contributed by atoms with van der Waals surface area (Å²) in [4.78, 5) is 0.152. The Bertz CT molecular complexity index is 589. The van der Waals surface area contributed by atoms with Crippen molar-refractivity contribution >= 4 is 23.7 Å². The molecular formula is C13H21NO4SSi. The third-order valence-corrected chi connectivity index (χ3v) is 9.05. The fourth-order valence-corrected chi connectivity index (χ4v) is 2.95. The van der Waals surface area contributed by atoms with Crippen LogP contribution >= 0.6 is 0 Å². The van der Waals surface area contributed by atoms with Gasteiger partial charge in [0.15, 0.2) is 8.32 Å². The van der Waals surface area contributed by atoms with E-state index in [1.165, 1.54) is 12.1 Å². The lowest BCUT2D eigenvalue weighted by molar-refractivity contribution is -0.699. The highest BCUT2D eigenvalue weighted by atomic mass is 32.2. The van der Waals surface area contributed by atoms with Crippen molar-refractivity contribution in [3.8, 4) is 0 Å². The smallest absolute Gasteiger partial charge is 0.326 e. The Morgan fingerprint density at radius 1 is 1.20 bits per heavy atom. The molecule has 0 amide bonds. The Hall–Kier alpha value is -1.34. The van der Waals surface area contributed by atoms with E-state index in [1.807, 2.05) is 33.9 Å². The van der Waals surface area contributed by atoms with E-state index in [1.54, 1.807) is 18.2 Å². The summed E-state index contributed by atoms with van der Waals surface area (Å²) in [6.07, 6.45) is 0. The van der Waals surface area contributed by atoms with Crippen LogP contribution in [-0.4, -0.2) is 27.2 Å². The lowest BCUT2D eigenvalue weighted by atomic mass is 10.2. The molecule has 20 heavy (non-hydrogen) atoms. The average molecular weight is 315 g/mol. The van der Waals surface area contributed by atoms with Gasteiger partial charge in [0.1, 0.15) is 0 Å². The van der Waals surface area contributed by atoms with Crippen LogP contribution < -0.4 is 0 Å². The van der Waals surface area contributed by atoms with Gasteiger partial charge in [-0.15, -0.1) is 0 Å². The minimum Gasteiger partial charge on any atom is -0.442 e. The lowest BCUT2D eigenvalue weighted by Gasteiger charge is -2.37. The van der Waals surface area contributed by atoms with Gasteiger partial charge in [0.05, 0.1) is 4.90 Å². The molecule has 0 heterocycles. The molecule has 0 aliphatic rings. The third-order valence-electron chi connectivity index (χ3n) is 3.42. The molecule has 0 radical (unpaired) electrons. The van der Waals surface area contributed by atoms with Crippen molar-refractivity contribution in [1.29, 1.82) is 0 Å². The van der Waals surface area contributed by atoms with Crippen molar-refractivity contribution in [2.45, 2.75) is 43.8 Å². The van der Waals surface area contributed by atoms with Crippen LogP contribution in [-0.2, 0) is 14.4 Å². The van der Waals surface area contributed by atoms with E-state index in [-0.39, 0.29) is 14.8 Å². The zero-order valence-electron chi connectivity index (χ0n) is 12.5. The highest BCUT2D eigenvalue weighted by Crippen LogP contribution is 2.36. The number of rotatable bonds is 4. The molecule has 0 aromatic heterocycles. The van der Waals surface area contributed by atoms with Crippen LogP contribution in [0.25, 0.3) is 0 Å². The molecule has 0 aliphatic carbocycles. The first-order chi connectivity index (χ1) is 8.96. The van der Waals surface area contributed by atoms with E-state index in [4.69, 9.17) is 4.53 Å². The highest BCUT2D eigenvalue weighted by Gasteiger charge is 2.37. The fraction of sp³-hybridized carbons (Fsp3) is 0.462. The summed E-state index contributed by atoms with van der Waals surface area (Å²) in [6, 6.07) is 7.78. The second-order valence-electron chi connectivity index (χ2n) is 6.10. The summed E-state index contributed by atoms with van der Waals surface area (Å²) in [5, 5.41) is 11.6. The maximum absolute atomic E-state index is 12.0. The molecule has 0 unspecified atom stereocenters. The van der Waals surface area contributed by atoms with Crippen molar-refractivity contribution in [3.63, 3.8) is 0 Å². The first-order valence-electron chi connectivity index (χ1n) is 6.26. The standard InChI is InChI=1S/C13H21NO4SSi/c1-13(2,3)20(4,5)18-14(15)11-19(16,17)12-9-7-6-8-10-12/h6-11H,1-5H3/b14-11+. The first-order valence-corrected chi connectivity index (χ1v) is 10.7. The van der Waals surface area contributed by atoms with Gasteiger partial charge in [-0.3, -0.25) is 5.21 Å². The van der Waals surface area contributed by atoms with E-state index in [0.717, 1.165) is 0 Å². The zero-order valence-corrected chi connectivity index (χ0v) is 14.3. The topological polar surface area (TPSA) is 69.4 Å². The summed E-state index contributed by atoms with van der Waals surface area (Å²) in [5.41, 5.74) is 0.586. The van der Waals surface area contributed by atoms with Gasteiger partial charge in [0.25, 0.3) is 9.84 Å². The molecule has 112 valence electrons. The third kappa shape index (κ3) is 4.07. The molecule has 0 fully saturated rings. The summed E-state index contributed by atoms with van der Waals surface area (Å²) in [6.45, 7) is 9.66. The van der Waals surface area contributed by atoms with Gasteiger partial charge in [-0.25, -0.2) is 8.42 Å². The van der Waals surface area contributed by atoms with E-state index in [0.29, 0.717) is 5.55 Å². The molecule has 7 heteroatoms. The van der Waals surface area contributed by atoms with E-state index < -0.39 is 18.2 Å². The SMILES string of the molecule is CC(C)(C)[Si](C)(C)O/[N+]([O-])=C/S(=O)(=O)c1ccccc1. The molecule has 1 rings (SSSR count). The maximum Gasteiger partial charge on any atom is 0.326 e. The molecule has 0 saturated carbocycles. The molecular weight excluding hydrogens is 294 g/mol. The monoisotopic (exact) mass is 315 g/mol. The minimum atomic E-state index is -3.79. The molecule has 0 spiro atoms. The Kier molecular flexibility index (Phi) is 4.65. The Morgan fingerprint density at radius 2 is 1.70 bits per heavy atom. The van der Waals surface area contributed by atoms with E-state index in [2.05, 4.69) is 0 Å². The summed E-state index contributed by atoms with van der Waals surface area (Å²) >= 11 is 0. The molecule has 0 saturated heterocycles. The molecule has 0 atom stereocenters. The molecule has 0 N–H and O–H groups in total. The van der Waals surface area contributed by atoms with Crippen LogP contribution in [0.15, 0.2) is 35.2 Å². The van der Waals surface area contributed by atoms with Crippen molar-refractivity contribution in [3.05, 3.63) is 35.5 Å². The van der Waals surface area contributed by atoms with Crippen molar-refractivity contribution in [2.24, 2.45) is 0 Å². The van der Waals surface area contributed by atoms with Gasteiger partial charge in [-0.2, -0.15) is 0 Å². The van der Waals surface area contributed by atoms with Gasteiger partial charge >= 0.3 is 5.55 Å². The molecule has 0 aliphatic heterocycles. The predicted molar refractivity (Wildman–Crippen MR) is 81.6 cm³/mol. The number of benzene rings is 1. The quantitative estimate of drug-likeness (QED) is 0.282. The van der Waals surface area contributed by atoms with Gasteiger partial charge in [0.2, 0.25) is 0 Å². The van der Waals surface area contributed by atoms with Crippen LogP contribution in [0.4, 0.5) is 0 Å². The van der Waals surface area contributed by atoms with E-state index >= 15 is 0 Å². The van der Waals surface area contributed by atoms with Crippen molar-refractivity contribution < 1.29 is 17.8 Å². The molecule has 1 aromatic rings. The van der Waals surface area contributed by atoms with Crippen LogP contribution in [0.5, 0.6) is 0 Å². The Balaban J connectivity index is 3.01. The fourth-order valence-electron chi connectivity index (χ4n) is 1.17. The van der Waals surface area contributed by atoms with Crippen LogP contribution in [0.1, 0.15) is 20.8 Å². The van der Waals surface area contributed by atoms with Crippen LogP contribution in [0, 0.1) is 5.21 Å². The zero-order chi connectivity index (χ0) is 15.6. The minimum absolute atomic E-state index is 0.0691. The Labute approximate surface area is 121 Å². The van der Waals surface area contributed by atoms with Gasteiger partial charge in [-0.1, -0.05) is 52.1 Å². The number of hydrogen-bond acceptors (Lipinski definition) is 4. The number of sulfone groups is 1. The van der Waals surface area contributed by atoms with Gasteiger partial charge < -0.3 is 4.53 Å². The molecule has 5 nitrogen and oxygen atoms in total. The summed E-state index contributed by atoms with van der Waals surface area (Å²) in [7, 11) is -6.14. The Morgan fingerprint density at radius 3 is 2.15 bits per heavy atom. The first kappa shape index (κ1) is 16.7. The second-order valence-corrected chi connectivity index (χ2v) is 12.6. The van der Waals surface area contributed by atoms with Crippen LogP contribution in [0.3, 0.4) is 0 Å².